The zero-order valence-electron chi connectivity index (χ0n) is 16.4. The SMILES string of the molecule is COCCCN1C(=O)C(=O)/C(=C(/O)c2ccc(Br)cc2)C1c1c[nH]c2ccccc12. The van der Waals surface area contributed by atoms with E-state index in [0.717, 1.165) is 20.9 Å². The average molecular weight is 469 g/mol. The largest absolute Gasteiger partial charge is 0.507 e. The summed E-state index contributed by atoms with van der Waals surface area (Å²) in [6, 6.07) is 14.0. The van der Waals surface area contributed by atoms with Gasteiger partial charge in [-0.3, -0.25) is 9.59 Å². The highest BCUT2D eigenvalue weighted by Crippen LogP contribution is 2.42. The molecule has 1 fully saturated rings. The molecule has 154 valence electrons. The fraction of sp³-hybridized carbons (Fsp3) is 0.217. The van der Waals surface area contributed by atoms with Gasteiger partial charge in [0.2, 0.25) is 0 Å². The number of halogens is 1. The maximum Gasteiger partial charge on any atom is 0.295 e. The second-order valence-corrected chi connectivity index (χ2v) is 8.05. The highest BCUT2D eigenvalue weighted by molar-refractivity contribution is 9.10. The zero-order valence-corrected chi connectivity index (χ0v) is 18.0. The molecule has 0 spiro atoms. The lowest BCUT2D eigenvalue weighted by Crippen LogP contribution is -2.31. The first-order chi connectivity index (χ1) is 14.5. The summed E-state index contributed by atoms with van der Waals surface area (Å²) < 4.78 is 5.97. The molecular formula is C23H21BrN2O4. The fourth-order valence-electron chi connectivity index (χ4n) is 3.90. The van der Waals surface area contributed by atoms with Crippen molar-refractivity contribution in [3.8, 4) is 0 Å². The zero-order chi connectivity index (χ0) is 21.3. The average Bonchev–Trinajstić information content (AvgIpc) is 3.28. The second kappa shape index (κ2) is 8.45. The van der Waals surface area contributed by atoms with Crippen molar-refractivity contribution in [2.45, 2.75) is 12.5 Å². The third kappa shape index (κ3) is 3.55. The number of methoxy groups -OCH3 is 1. The third-order valence-electron chi connectivity index (χ3n) is 5.32. The van der Waals surface area contributed by atoms with Crippen molar-refractivity contribution in [1.29, 1.82) is 0 Å². The van der Waals surface area contributed by atoms with Gasteiger partial charge in [0.15, 0.2) is 0 Å². The van der Waals surface area contributed by atoms with Gasteiger partial charge in [0.25, 0.3) is 11.7 Å². The summed E-state index contributed by atoms with van der Waals surface area (Å²) >= 11 is 3.37. The number of ketones is 1. The number of rotatable bonds is 6. The Balaban J connectivity index is 1.88. The van der Waals surface area contributed by atoms with Gasteiger partial charge < -0.3 is 19.7 Å². The van der Waals surface area contributed by atoms with Gasteiger partial charge in [-0.25, -0.2) is 0 Å². The first kappa shape index (κ1) is 20.4. The van der Waals surface area contributed by atoms with E-state index < -0.39 is 17.7 Å². The van der Waals surface area contributed by atoms with Gasteiger partial charge in [0.05, 0.1) is 11.6 Å². The van der Waals surface area contributed by atoms with Crippen molar-refractivity contribution in [2.24, 2.45) is 0 Å². The molecule has 2 N–H and O–H groups in total. The number of hydrogen-bond acceptors (Lipinski definition) is 4. The standard InChI is InChI=1S/C23H21BrN2O4/c1-30-12-4-11-26-20(17-13-25-18-6-3-2-5-16(17)18)19(22(28)23(26)29)21(27)14-7-9-15(24)10-8-14/h2-3,5-10,13,20,25,27H,4,11-12H2,1H3/b21-19+. The lowest BCUT2D eigenvalue weighted by atomic mass is 9.95. The smallest absolute Gasteiger partial charge is 0.295 e. The Morgan fingerprint density at radius 1 is 1.17 bits per heavy atom. The number of amides is 1. The summed E-state index contributed by atoms with van der Waals surface area (Å²) in [6.45, 7) is 0.815. The number of H-pyrrole nitrogens is 1. The number of carbonyl (C=O) groups excluding carboxylic acids is 2. The Labute approximate surface area is 182 Å². The van der Waals surface area contributed by atoms with E-state index in [1.165, 1.54) is 4.90 Å². The predicted molar refractivity (Wildman–Crippen MR) is 118 cm³/mol. The molecule has 0 bridgehead atoms. The van der Waals surface area contributed by atoms with E-state index in [1.54, 1.807) is 37.6 Å². The molecule has 1 saturated heterocycles. The van der Waals surface area contributed by atoms with Crippen LogP contribution < -0.4 is 0 Å². The van der Waals surface area contributed by atoms with Crippen LogP contribution in [0.4, 0.5) is 0 Å². The number of carbonyl (C=O) groups is 2. The predicted octanol–water partition coefficient (Wildman–Crippen LogP) is 4.39. The molecule has 6 nitrogen and oxygen atoms in total. The summed E-state index contributed by atoms with van der Waals surface area (Å²) in [7, 11) is 1.60. The first-order valence-electron chi connectivity index (χ1n) is 9.62. The number of aliphatic hydroxyl groups is 1. The van der Waals surface area contributed by atoms with Gasteiger partial charge in [-0.05, 0) is 24.6 Å². The van der Waals surface area contributed by atoms with Crippen LogP contribution in [0.5, 0.6) is 0 Å². The number of benzene rings is 2. The molecule has 7 heteroatoms. The van der Waals surface area contributed by atoms with Gasteiger partial charge in [-0.2, -0.15) is 0 Å². The number of fused-ring (bicyclic) bond motifs is 1. The molecular weight excluding hydrogens is 448 g/mol. The molecule has 1 unspecified atom stereocenters. The van der Waals surface area contributed by atoms with Crippen molar-refractivity contribution in [2.75, 3.05) is 20.3 Å². The van der Waals surface area contributed by atoms with Gasteiger partial charge in [0.1, 0.15) is 5.76 Å². The van der Waals surface area contributed by atoms with Crippen LogP contribution in [0, 0.1) is 0 Å². The van der Waals surface area contributed by atoms with Crippen LogP contribution in [-0.2, 0) is 14.3 Å². The molecule has 1 aromatic heterocycles. The molecule has 0 radical (unpaired) electrons. The van der Waals surface area contributed by atoms with Gasteiger partial charge in [0, 0.05) is 53.0 Å². The van der Waals surface area contributed by atoms with Crippen molar-refractivity contribution >= 4 is 44.3 Å². The number of aliphatic hydroxyl groups excluding tert-OH is 1. The van der Waals surface area contributed by atoms with E-state index in [2.05, 4.69) is 20.9 Å². The van der Waals surface area contributed by atoms with Gasteiger partial charge >= 0.3 is 0 Å². The van der Waals surface area contributed by atoms with E-state index in [4.69, 9.17) is 4.74 Å². The van der Waals surface area contributed by atoms with E-state index in [-0.39, 0.29) is 11.3 Å². The molecule has 1 aliphatic heterocycles. The number of likely N-dealkylation sites (tertiary alicyclic amines) is 1. The van der Waals surface area contributed by atoms with Gasteiger partial charge in [-0.1, -0.05) is 46.3 Å². The number of nitrogens with one attached hydrogen (secondary N) is 1. The highest BCUT2D eigenvalue weighted by atomic mass is 79.9. The van der Waals surface area contributed by atoms with Crippen LogP contribution in [0.3, 0.4) is 0 Å². The monoisotopic (exact) mass is 468 g/mol. The van der Waals surface area contributed by atoms with Crippen LogP contribution in [0.15, 0.2) is 64.8 Å². The lowest BCUT2D eigenvalue weighted by molar-refractivity contribution is -0.140. The Bertz CT molecular complexity index is 1130. The summed E-state index contributed by atoms with van der Waals surface area (Å²) in [5, 5.41) is 12.0. The maximum absolute atomic E-state index is 13.0. The molecule has 2 aromatic carbocycles. The van der Waals surface area contributed by atoms with Crippen LogP contribution in [0.25, 0.3) is 16.7 Å². The second-order valence-electron chi connectivity index (χ2n) is 7.14. The van der Waals surface area contributed by atoms with Crippen molar-refractivity contribution in [1.82, 2.24) is 9.88 Å². The molecule has 0 saturated carbocycles. The number of Topliss-reactive ketones (excluding diaryl/α,β-unsaturated/α-hetero) is 1. The molecule has 1 aliphatic rings. The number of aromatic nitrogens is 1. The van der Waals surface area contributed by atoms with E-state index in [9.17, 15) is 14.7 Å². The Kier molecular flexibility index (Phi) is 5.74. The van der Waals surface area contributed by atoms with Gasteiger partial charge in [-0.15, -0.1) is 0 Å². The summed E-state index contributed by atoms with van der Waals surface area (Å²) in [5.74, 6) is -1.46. The minimum atomic E-state index is -0.679. The lowest BCUT2D eigenvalue weighted by Gasteiger charge is -2.24. The fourth-order valence-corrected chi connectivity index (χ4v) is 4.16. The quantitative estimate of drug-likeness (QED) is 0.243. The van der Waals surface area contributed by atoms with E-state index in [1.807, 2.05) is 24.3 Å². The molecule has 3 aromatic rings. The minimum absolute atomic E-state index is 0.101. The van der Waals surface area contributed by atoms with E-state index >= 15 is 0 Å². The topological polar surface area (TPSA) is 82.6 Å². The number of nitrogens with zero attached hydrogens (tertiary/aromatic N) is 1. The normalized spacial score (nSPS) is 18.5. The molecule has 1 amide bonds. The maximum atomic E-state index is 13.0. The number of aromatic amines is 1. The first-order valence-corrected chi connectivity index (χ1v) is 10.4. The van der Waals surface area contributed by atoms with Crippen LogP contribution in [0.1, 0.15) is 23.6 Å². The minimum Gasteiger partial charge on any atom is -0.507 e. The third-order valence-corrected chi connectivity index (χ3v) is 5.85. The van der Waals surface area contributed by atoms with E-state index in [0.29, 0.717) is 25.1 Å². The van der Waals surface area contributed by atoms with Crippen molar-refractivity contribution in [3.63, 3.8) is 0 Å². The van der Waals surface area contributed by atoms with Crippen molar-refractivity contribution in [3.05, 3.63) is 75.9 Å². The molecule has 1 atom stereocenters. The number of ether oxygens (including phenoxy) is 1. The Morgan fingerprint density at radius 2 is 1.90 bits per heavy atom. The molecule has 4 rings (SSSR count). The summed E-state index contributed by atoms with van der Waals surface area (Å²) in [6.07, 6.45) is 2.39. The van der Waals surface area contributed by atoms with Crippen LogP contribution >= 0.6 is 15.9 Å². The number of para-hydroxylation sites is 1. The molecule has 30 heavy (non-hydrogen) atoms. The Morgan fingerprint density at radius 3 is 2.63 bits per heavy atom. The summed E-state index contributed by atoms with van der Waals surface area (Å²) in [5.41, 5.74) is 2.27. The molecule has 0 aliphatic carbocycles. The number of hydrogen-bond donors (Lipinski definition) is 2. The Hall–Kier alpha value is -2.90. The summed E-state index contributed by atoms with van der Waals surface area (Å²) in [4.78, 5) is 30.7. The van der Waals surface area contributed by atoms with Crippen molar-refractivity contribution < 1.29 is 19.4 Å². The van der Waals surface area contributed by atoms with Crippen LogP contribution in [-0.4, -0.2) is 46.9 Å². The van der Waals surface area contributed by atoms with Crippen LogP contribution in [0.2, 0.25) is 0 Å². The molecule has 2 heterocycles. The highest BCUT2D eigenvalue weighted by Gasteiger charge is 2.46.